The van der Waals surface area contributed by atoms with E-state index >= 15 is 0 Å². The molecule has 0 saturated heterocycles. The molecule has 0 aliphatic carbocycles. The molecule has 0 amide bonds. The molecule has 3 nitrogen and oxygen atoms in total. The molecular weight excluding hydrogens is 258 g/mol. The molecule has 0 N–H and O–H groups in total. The highest BCUT2D eigenvalue weighted by molar-refractivity contribution is 7.13. The monoisotopic (exact) mass is 275 g/mol. The number of carbonyl (C=O) groups excluding carboxylic acids is 1. The highest BCUT2D eigenvalue weighted by Crippen LogP contribution is 2.21. The fourth-order valence-corrected chi connectivity index (χ4v) is 2.88. The van der Waals surface area contributed by atoms with Crippen molar-refractivity contribution in [3.05, 3.63) is 51.5 Å². The SMILES string of the molecule is COCc1nc(CCc2ccccc2)sc1C(C)=O. The van der Waals surface area contributed by atoms with Crippen molar-refractivity contribution in [1.29, 1.82) is 0 Å². The third-order valence-electron chi connectivity index (χ3n) is 2.81. The van der Waals surface area contributed by atoms with Gasteiger partial charge in [-0.25, -0.2) is 4.98 Å². The van der Waals surface area contributed by atoms with Gasteiger partial charge in [0.05, 0.1) is 22.2 Å². The summed E-state index contributed by atoms with van der Waals surface area (Å²) in [6.07, 6.45) is 1.80. The Bertz CT molecular complexity index is 549. The first-order valence-corrected chi connectivity index (χ1v) is 7.04. The van der Waals surface area contributed by atoms with E-state index in [1.807, 2.05) is 18.2 Å². The number of aryl methyl sites for hydroxylation is 2. The predicted octanol–water partition coefficient (Wildman–Crippen LogP) is 3.28. The quantitative estimate of drug-likeness (QED) is 0.759. The van der Waals surface area contributed by atoms with Crippen LogP contribution < -0.4 is 0 Å². The van der Waals surface area contributed by atoms with E-state index in [1.54, 1.807) is 14.0 Å². The van der Waals surface area contributed by atoms with Gasteiger partial charge in [-0.1, -0.05) is 30.3 Å². The summed E-state index contributed by atoms with van der Waals surface area (Å²) in [5.41, 5.74) is 2.05. The van der Waals surface area contributed by atoms with Crippen LogP contribution >= 0.6 is 11.3 Å². The van der Waals surface area contributed by atoms with E-state index in [0.717, 1.165) is 28.4 Å². The van der Waals surface area contributed by atoms with Crippen molar-refractivity contribution in [3.8, 4) is 0 Å². The second kappa shape index (κ2) is 6.59. The van der Waals surface area contributed by atoms with Crippen LogP contribution in [-0.2, 0) is 24.2 Å². The molecule has 0 bridgehead atoms. The van der Waals surface area contributed by atoms with Crippen LogP contribution in [0.2, 0.25) is 0 Å². The van der Waals surface area contributed by atoms with E-state index in [2.05, 4.69) is 17.1 Å². The first kappa shape index (κ1) is 13.9. The van der Waals surface area contributed by atoms with Crippen LogP contribution in [0.1, 0.15) is 32.9 Å². The number of aromatic nitrogens is 1. The van der Waals surface area contributed by atoms with Gasteiger partial charge in [0.2, 0.25) is 0 Å². The van der Waals surface area contributed by atoms with E-state index in [0.29, 0.717) is 6.61 Å². The summed E-state index contributed by atoms with van der Waals surface area (Å²) < 4.78 is 5.09. The largest absolute Gasteiger partial charge is 0.378 e. The average molecular weight is 275 g/mol. The standard InChI is InChI=1S/C15H17NO2S/c1-11(17)15-13(10-18-2)16-14(19-15)9-8-12-6-4-3-5-7-12/h3-7H,8-10H2,1-2H3. The minimum absolute atomic E-state index is 0.0653. The lowest BCUT2D eigenvalue weighted by Crippen LogP contribution is -1.97. The maximum Gasteiger partial charge on any atom is 0.171 e. The number of Topliss-reactive ketones (excluding diaryl/α,β-unsaturated/α-hetero) is 1. The van der Waals surface area contributed by atoms with Gasteiger partial charge in [0.1, 0.15) is 0 Å². The van der Waals surface area contributed by atoms with E-state index in [1.165, 1.54) is 16.9 Å². The Morgan fingerprint density at radius 3 is 2.63 bits per heavy atom. The fraction of sp³-hybridized carbons (Fsp3) is 0.333. The maximum absolute atomic E-state index is 11.5. The van der Waals surface area contributed by atoms with Crippen molar-refractivity contribution < 1.29 is 9.53 Å². The summed E-state index contributed by atoms with van der Waals surface area (Å²) in [4.78, 5) is 16.8. The van der Waals surface area contributed by atoms with Crippen LogP contribution in [0.5, 0.6) is 0 Å². The Morgan fingerprint density at radius 1 is 1.26 bits per heavy atom. The summed E-state index contributed by atoms with van der Waals surface area (Å²) in [6.45, 7) is 1.98. The molecule has 4 heteroatoms. The molecule has 1 aromatic heterocycles. The number of hydrogen-bond donors (Lipinski definition) is 0. The Labute approximate surface area is 117 Å². The summed E-state index contributed by atoms with van der Waals surface area (Å²) in [7, 11) is 1.62. The second-order valence-corrected chi connectivity index (χ2v) is 5.44. The summed E-state index contributed by atoms with van der Waals surface area (Å²) in [6, 6.07) is 10.3. The van der Waals surface area contributed by atoms with Crippen LogP contribution in [0.3, 0.4) is 0 Å². The number of ether oxygens (including phenoxy) is 1. The summed E-state index contributed by atoms with van der Waals surface area (Å²) in [5.74, 6) is 0.0653. The molecule has 0 fully saturated rings. The highest BCUT2D eigenvalue weighted by Gasteiger charge is 2.14. The first-order valence-electron chi connectivity index (χ1n) is 6.23. The lowest BCUT2D eigenvalue weighted by atomic mass is 10.1. The van der Waals surface area contributed by atoms with Crippen LogP contribution in [0.15, 0.2) is 30.3 Å². The van der Waals surface area contributed by atoms with Gasteiger partial charge in [0, 0.05) is 20.5 Å². The van der Waals surface area contributed by atoms with E-state index < -0.39 is 0 Å². The first-order chi connectivity index (χ1) is 9.20. The number of nitrogens with zero attached hydrogens (tertiary/aromatic N) is 1. The summed E-state index contributed by atoms with van der Waals surface area (Å²) >= 11 is 1.49. The molecule has 0 radical (unpaired) electrons. The third kappa shape index (κ3) is 3.72. The molecule has 0 spiro atoms. The zero-order valence-electron chi connectivity index (χ0n) is 11.2. The van der Waals surface area contributed by atoms with E-state index in [-0.39, 0.29) is 5.78 Å². The molecule has 1 aromatic carbocycles. The molecule has 0 atom stereocenters. The van der Waals surface area contributed by atoms with Crippen molar-refractivity contribution in [2.24, 2.45) is 0 Å². The van der Waals surface area contributed by atoms with Crippen molar-refractivity contribution in [1.82, 2.24) is 4.98 Å². The number of thiazole rings is 1. The van der Waals surface area contributed by atoms with E-state index in [9.17, 15) is 4.79 Å². The maximum atomic E-state index is 11.5. The predicted molar refractivity (Wildman–Crippen MR) is 76.7 cm³/mol. The Hall–Kier alpha value is -1.52. The fourth-order valence-electron chi connectivity index (χ4n) is 1.91. The van der Waals surface area contributed by atoms with Crippen LogP contribution in [0.25, 0.3) is 0 Å². The van der Waals surface area contributed by atoms with Gasteiger partial charge in [-0.05, 0) is 12.0 Å². The normalized spacial score (nSPS) is 10.6. The van der Waals surface area contributed by atoms with Gasteiger partial charge in [-0.15, -0.1) is 11.3 Å². The second-order valence-electron chi connectivity index (χ2n) is 4.36. The zero-order chi connectivity index (χ0) is 13.7. The highest BCUT2D eigenvalue weighted by atomic mass is 32.1. The molecule has 2 rings (SSSR count). The smallest absolute Gasteiger partial charge is 0.171 e. The lowest BCUT2D eigenvalue weighted by Gasteiger charge is -1.97. The minimum Gasteiger partial charge on any atom is -0.378 e. The molecule has 100 valence electrons. The molecule has 0 saturated carbocycles. The van der Waals surface area contributed by atoms with Crippen LogP contribution in [0, 0.1) is 0 Å². The molecule has 2 aromatic rings. The number of hydrogen-bond acceptors (Lipinski definition) is 4. The molecule has 0 aliphatic rings. The lowest BCUT2D eigenvalue weighted by molar-refractivity contribution is 0.101. The zero-order valence-corrected chi connectivity index (χ0v) is 12.0. The van der Waals surface area contributed by atoms with Crippen molar-refractivity contribution >= 4 is 17.1 Å². The molecule has 1 heterocycles. The van der Waals surface area contributed by atoms with Gasteiger partial charge in [0.15, 0.2) is 5.78 Å². The van der Waals surface area contributed by atoms with Gasteiger partial charge >= 0.3 is 0 Å². The van der Waals surface area contributed by atoms with Crippen LogP contribution in [-0.4, -0.2) is 17.9 Å². The number of methoxy groups -OCH3 is 1. The van der Waals surface area contributed by atoms with Gasteiger partial charge in [0.25, 0.3) is 0 Å². The molecular formula is C15H17NO2S. The van der Waals surface area contributed by atoms with Crippen molar-refractivity contribution in [2.45, 2.75) is 26.4 Å². The molecule has 19 heavy (non-hydrogen) atoms. The van der Waals surface area contributed by atoms with E-state index in [4.69, 9.17) is 4.74 Å². The van der Waals surface area contributed by atoms with Crippen molar-refractivity contribution in [2.75, 3.05) is 7.11 Å². The Kier molecular flexibility index (Phi) is 4.82. The Balaban J connectivity index is 2.08. The van der Waals surface area contributed by atoms with Crippen LogP contribution in [0.4, 0.5) is 0 Å². The number of benzene rings is 1. The molecule has 0 aliphatic heterocycles. The van der Waals surface area contributed by atoms with Gasteiger partial charge in [-0.2, -0.15) is 0 Å². The molecule has 0 unspecified atom stereocenters. The van der Waals surface area contributed by atoms with Crippen molar-refractivity contribution in [3.63, 3.8) is 0 Å². The third-order valence-corrected chi connectivity index (χ3v) is 4.07. The topological polar surface area (TPSA) is 39.2 Å². The number of carbonyl (C=O) groups is 1. The van der Waals surface area contributed by atoms with Gasteiger partial charge in [-0.3, -0.25) is 4.79 Å². The Morgan fingerprint density at radius 2 is 2.00 bits per heavy atom. The van der Waals surface area contributed by atoms with Gasteiger partial charge < -0.3 is 4.74 Å². The number of rotatable bonds is 6. The number of ketones is 1. The minimum atomic E-state index is 0.0653. The summed E-state index contributed by atoms with van der Waals surface area (Å²) in [5, 5.41) is 1.00. The average Bonchev–Trinajstić information content (AvgIpc) is 2.81.